The van der Waals surface area contributed by atoms with Gasteiger partial charge in [-0.05, 0) is 91.3 Å². The van der Waals surface area contributed by atoms with Crippen molar-refractivity contribution in [3.05, 3.63) is 64.3 Å². The van der Waals surface area contributed by atoms with Gasteiger partial charge in [0.25, 0.3) is 0 Å². The van der Waals surface area contributed by atoms with Gasteiger partial charge in [-0.15, -0.1) is 0 Å². The number of ether oxygens (including phenoxy) is 1. The fraction of sp³-hybridized carbons (Fsp3) is 0.481. The van der Waals surface area contributed by atoms with Crippen LogP contribution in [0.25, 0.3) is 10.9 Å². The van der Waals surface area contributed by atoms with Gasteiger partial charge in [0.1, 0.15) is 12.4 Å². The van der Waals surface area contributed by atoms with Crippen LogP contribution in [-0.4, -0.2) is 4.57 Å². The second-order valence-corrected chi connectivity index (χ2v) is 9.76. The summed E-state index contributed by atoms with van der Waals surface area (Å²) in [7, 11) is 0. The molecule has 3 aromatic rings. The van der Waals surface area contributed by atoms with Crippen LogP contribution in [0, 0.1) is 0 Å². The molecule has 1 aliphatic heterocycles. The summed E-state index contributed by atoms with van der Waals surface area (Å²) in [5.41, 5.74) is 4.78. The summed E-state index contributed by atoms with van der Waals surface area (Å²) >= 11 is 0. The average Bonchev–Trinajstić information content (AvgIpc) is 3.17. The van der Waals surface area contributed by atoms with Crippen molar-refractivity contribution < 1.29 is 17.9 Å². The predicted molar refractivity (Wildman–Crippen MR) is 119 cm³/mol. The van der Waals surface area contributed by atoms with Crippen LogP contribution in [0.2, 0.25) is 0 Å². The van der Waals surface area contributed by atoms with E-state index in [0.717, 1.165) is 44.4 Å². The second kappa shape index (κ2) is 7.57. The minimum atomic E-state index is -4.33. The first-order valence-electron chi connectivity index (χ1n) is 12.0. The lowest BCUT2D eigenvalue weighted by Gasteiger charge is -2.19. The highest BCUT2D eigenvalue weighted by molar-refractivity contribution is 5.88. The van der Waals surface area contributed by atoms with Crippen LogP contribution < -0.4 is 4.74 Å². The minimum Gasteiger partial charge on any atom is -0.489 e. The van der Waals surface area contributed by atoms with Crippen LogP contribution in [-0.2, 0) is 25.7 Å². The number of hydrogen-bond donors (Lipinski definition) is 0. The first kappa shape index (κ1) is 20.2. The third kappa shape index (κ3) is 3.50. The van der Waals surface area contributed by atoms with E-state index in [4.69, 9.17) is 4.74 Å². The summed E-state index contributed by atoms with van der Waals surface area (Å²) in [4.78, 5) is 0. The third-order valence-corrected chi connectivity index (χ3v) is 7.59. The van der Waals surface area contributed by atoms with Crippen molar-refractivity contribution in [3.8, 4) is 5.75 Å². The van der Waals surface area contributed by atoms with E-state index in [1.807, 2.05) is 12.1 Å². The highest BCUT2D eigenvalue weighted by Crippen LogP contribution is 2.48. The average molecular weight is 440 g/mol. The van der Waals surface area contributed by atoms with Crippen LogP contribution in [0.15, 0.2) is 36.4 Å². The number of benzene rings is 2. The molecule has 1 aromatic heterocycles. The summed E-state index contributed by atoms with van der Waals surface area (Å²) in [6, 6.07) is 11.0. The number of hydrogen-bond acceptors (Lipinski definition) is 1. The molecule has 0 N–H and O–H groups in total. The summed E-state index contributed by atoms with van der Waals surface area (Å²) < 4.78 is 49.8. The molecule has 0 amide bonds. The largest absolute Gasteiger partial charge is 0.489 e. The molecular weight excluding hydrogens is 411 g/mol. The van der Waals surface area contributed by atoms with Gasteiger partial charge in [-0.1, -0.05) is 25.0 Å². The van der Waals surface area contributed by atoms with Crippen molar-refractivity contribution in [2.24, 2.45) is 0 Å². The van der Waals surface area contributed by atoms with E-state index in [2.05, 4.69) is 16.7 Å². The molecule has 168 valence electrons. The van der Waals surface area contributed by atoms with Crippen LogP contribution in [0.3, 0.4) is 0 Å². The van der Waals surface area contributed by atoms with Crippen LogP contribution in [0.4, 0.5) is 13.2 Å². The van der Waals surface area contributed by atoms with Crippen LogP contribution in [0.5, 0.6) is 5.75 Å². The van der Waals surface area contributed by atoms with Crippen molar-refractivity contribution >= 4 is 10.9 Å². The Morgan fingerprint density at radius 3 is 2.47 bits per heavy atom. The van der Waals surface area contributed by atoms with Crippen LogP contribution in [0.1, 0.15) is 84.7 Å². The number of halogens is 3. The number of rotatable bonds is 5. The predicted octanol–water partition coefficient (Wildman–Crippen LogP) is 7.72. The van der Waals surface area contributed by atoms with E-state index in [9.17, 15) is 13.2 Å². The Morgan fingerprint density at radius 1 is 0.906 bits per heavy atom. The van der Waals surface area contributed by atoms with E-state index in [1.54, 1.807) is 6.07 Å². The topological polar surface area (TPSA) is 14.2 Å². The van der Waals surface area contributed by atoms with Gasteiger partial charge in [0.15, 0.2) is 0 Å². The van der Waals surface area contributed by atoms with E-state index in [0.29, 0.717) is 17.0 Å². The Labute approximate surface area is 186 Å². The summed E-state index contributed by atoms with van der Waals surface area (Å²) in [5.74, 6) is 1.43. The van der Waals surface area contributed by atoms with Gasteiger partial charge in [-0.2, -0.15) is 13.2 Å². The fourth-order valence-corrected chi connectivity index (χ4v) is 5.96. The maximum absolute atomic E-state index is 13.8. The van der Waals surface area contributed by atoms with Gasteiger partial charge < -0.3 is 9.30 Å². The Kier molecular flexibility index (Phi) is 4.78. The highest BCUT2D eigenvalue weighted by atomic mass is 19.4. The zero-order chi connectivity index (χ0) is 21.9. The summed E-state index contributed by atoms with van der Waals surface area (Å²) in [6.45, 7) is 1.22. The third-order valence-electron chi connectivity index (χ3n) is 7.59. The molecule has 2 aromatic carbocycles. The maximum Gasteiger partial charge on any atom is 0.416 e. The standard InChI is InChI=1S/C27H28F3NO/c28-27(29,30)23-14-17(7-11-21(23)18-4-1-2-5-18)16-32-20-10-12-24-22(15-20)26(19-8-9-19)25-6-3-13-31(24)25/h7,10-12,14-15,18-19H,1-6,8-9,13,16H2. The Bertz CT molecular complexity index is 1170. The Balaban J connectivity index is 1.27. The lowest BCUT2D eigenvalue weighted by atomic mass is 9.91. The van der Waals surface area contributed by atoms with E-state index in [1.165, 1.54) is 47.5 Å². The molecule has 0 radical (unpaired) electrons. The van der Waals surface area contributed by atoms with Gasteiger partial charge >= 0.3 is 6.18 Å². The normalized spacial score (nSPS) is 19.1. The monoisotopic (exact) mass is 439 g/mol. The molecule has 5 heteroatoms. The van der Waals surface area contributed by atoms with Crippen molar-refractivity contribution in [1.82, 2.24) is 4.57 Å². The fourth-order valence-electron chi connectivity index (χ4n) is 5.96. The SMILES string of the molecule is FC(F)(F)c1cc(COc2ccc3c(c2)c(C2CC2)c2n3CCC2)ccc1C1CCCC1. The molecule has 2 aliphatic carbocycles. The summed E-state index contributed by atoms with van der Waals surface area (Å²) in [6.07, 6.45) is 4.26. The van der Waals surface area contributed by atoms with E-state index in [-0.39, 0.29) is 12.5 Å². The first-order valence-corrected chi connectivity index (χ1v) is 12.0. The Morgan fingerprint density at radius 2 is 1.72 bits per heavy atom. The molecule has 2 heterocycles. The van der Waals surface area contributed by atoms with Crippen LogP contribution >= 0.6 is 0 Å². The minimum absolute atomic E-state index is 0.0293. The van der Waals surface area contributed by atoms with Gasteiger partial charge in [-0.25, -0.2) is 0 Å². The van der Waals surface area contributed by atoms with Gasteiger partial charge in [0.2, 0.25) is 0 Å². The maximum atomic E-state index is 13.8. The van der Waals surface area contributed by atoms with Crippen molar-refractivity contribution in [2.45, 2.75) is 82.5 Å². The highest BCUT2D eigenvalue weighted by Gasteiger charge is 2.36. The van der Waals surface area contributed by atoms with E-state index < -0.39 is 11.7 Å². The molecule has 6 rings (SSSR count). The Hall–Kier alpha value is -2.43. The lowest BCUT2D eigenvalue weighted by molar-refractivity contribution is -0.138. The number of aryl methyl sites for hydroxylation is 1. The molecule has 0 bridgehead atoms. The number of fused-ring (bicyclic) bond motifs is 3. The number of alkyl halides is 3. The van der Waals surface area contributed by atoms with Crippen molar-refractivity contribution in [3.63, 3.8) is 0 Å². The molecule has 0 saturated heterocycles. The lowest BCUT2D eigenvalue weighted by Crippen LogP contribution is -2.12. The molecule has 0 atom stereocenters. The summed E-state index contributed by atoms with van der Waals surface area (Å²) in [5, 5.41) is 1.27. The molecule has 3 aliphatic rings. The second-order valence-electron chi connectivity index (χ2n) is 9.76. The number of nitrogens with zero attached hydrogens (tertiary/aromatic N) is 1. The zero-order valence-electron chi connectivity index (χ0n) is 18.2. The number of aromatic nitrogens is 1. The van der Waals surface area contributed by atoms with E-state index >= 15 is 0 Å². The van der Waals surface area contributed by atoms with Gasteiger partial charge in [-0.3, -0.25) is 0 Å². The molecule has 2 nitrogen and oxygen atoms in total. The zero-order valence-corrected chi connectivity index (χ0v) is 18.2. The molecular formula is C27H28F3NO. The smallest absolute Gasteiger partial charge is 0.416 e. The van der Waals surface area contributed by atoms with Gasteiger partial charge in [0.05, 0.1) is 5.56 Å². The quantitative estimate of drug-likeness (QED) is 0.397. The van der Waals surface area contributed by atoms with Gasteiger partial charge in [0, 0.05) is 23.1 Å². The molecule has 2 saturated carbocycles. The first-order chi connectivity index (χ1) is 15.5. The van der Waals surface area contributed by atoms with Crippen molar-refractivity contribution in [1.29, 1.82) is 0 Å². The molecule has 0 spiro atoms. The molecule has 2 fully saturated rings. The molecule has 32 heavy (non-hydrogen) atoms. The molecule has 0 unspecified atom stereocenters. The van der Waals surface area contributed by atoms with Crippen molar-refractivity contribution in [2.75, 3.05) is 0 Å².